The summed E-state index contributed by atoms with van der Waals surface area (Å²) in [5.74, 6) is 0.436. The van der Waals surface area contributed by atoms with E-state index in [0.29, 0.717) is 10.8 Å². The number of allylic oxidation sites excluding steroid dienone is 1. The lowest BCUT2D eigenvalue weighted by molar-refractivity contribution is 0.455. The van der Waals surface area contributed by atoms with E-state index >= 15 is 0 Å². The molecule has 3 nitrogen and oxygen atoms in total. The van der Waals surface area contributed by atoms with E-state index in [-0.39, 0.29) is 10.8 Å². The number of aromatic nitrogens is 1. The standard InChI is InChI=1S/C9H13NO2S/c1-3-6(2)4-5-7-8(11)10-9(12)13-7/h4-6,11H,3H2,1-2H3,(H,10,12)/b5-4+. The molecule has 1 unspecified atom stereocenters. The third kappa shape index (κ3) is 2.73. The summed E-state index contributed by atoms with van der Waals surface area (Å²) in [6.07, 6.45) is 4.82. The minimum atomic E-state index is -0.221. The molecule has 1 rings (SSSR count). The molecule has 1 aromatic rings. The highest BCUT2D eigenvalue weighted by molar-refractivity contribution is 7.10. The number of aromatic amines is 1. The Morgan fingerprint density at radius 1 is 1.69 bits per heavy atom. The van der Waals surface area contributed by atoms with Crippen LogP contribution in [0.3, 0.4) is 0 Å². The first-order valence-electron chi connectivity index (χ1n) is 4.23. The van der Waals surface area contributed by atoms with Crippen molar-refractivity contribution in [3.8, 4) is 5.88 Å². The number of rotatable bonds is 3. The maximum Gasteiger partial charge on any atom is 0.307 e. The number of aromatic hydroxyl groups is 1. The molecule has 0 bridgehead atoms. The number of H-pyrrole nitrogens is 1. The van der Waals surface area contributed by atoms with Crippen LogP contribution in [0.1, 0.15) is 25.1 Å². The Balaban J connectivity index is 2.79. The monoisotopic (exact) mass is 199 g/mol. The summed E-state index contributed by atoms with van der Waals surface area (Å²) in [5, 5.41) is 9.22. The fourth-order valence-electron chi connectivity index (χ4n) is 0.833. The molecule has 0 radical (unpaired) electrons. The summed E-state index contributed by atoms with van der Waals surface area (Å²) in [6, 6.07) is 0. The van der Waals surface area contributed by atoms with Crippen LogP contribution in [-0.4, -0.2) is 10.1 Å². The molecule has 0 aliphatic carbocycles. The number of thiazole rings is 1. The lowest BCUT2D eigenvalue weighted by Crippen LogP contribution is -1.89. The third-order valence-corrected chi connectivity index (χ3v) is 2.71. The van der Waals surface area contributed by atoms with Crippen molar-refractivity contribution < 1.29 is 5.11 Å². The minimum Gasteiger partial charge on any atom is -0.493 e. The summed E-state index contributed by atoms with van der Waals surface area (Å²) >= 11 is 1.02. The zero-order chi connectivity index (χ0) is 9.84. The van der Waals surface area contributed by atoms with Crippen molar-refractivity contribution in [3.63, 3.8) is 0 Å². The predicted octanol–water partition coefficient (Wildman–Crippen LogP) is 2.20. The molecule has 1 atom stereocenters. The van der Waals surface area contributed by atoms with Crippen molar-refractivity contribution in [2.24, 2.45) is 5.92 Å². The second-order valence-corrected chi connectivity index (χ2v) is 3.99. The van der Waals surface area contributed by atoms with Gasteiger partial charge in [-0.15, -0.1) is 0 Å². The highest BCUT2D eigenvalue weighted by Gasteiger charge is 2.02. The van der Waals surface area contributed by atoms with Crippen LogP contribution in [0.25, 0.3) is 6.08 Å². The van der Waals surface area contributed by atoms with Crippen LogP contribution in [-0.2, 0) is 0 Å². The maximum absolute atomic E-state index is 10.8. The Kier molecular flexibility index (Phi) is 3.31. The van der Waals surface area contributed by atoms with Crippen LogP contribution in [0.5, 0.6) is 5.88 Å². The second kappa shape index (κ2) is 4.28. The topological polar surface area (TPSA) is 53.1 Å². The van der Waals surface area contributed by atoms with Gasteiger partial charge in [-0.1, -0.05) is 37.7 Å². The smallest absolute Gasteiger partial charge is 0.307 e. The molecule has 0 spiro atoms. The average molecular weight is 199 g/mol. The van der Waals surface area contributed by atoms with Gasteiger partial charge in [0.05, 0.1) is 4.88 Å². The van der Waals surface area contributed by atoms with Gasteiger partial charge in [-0.25, -0.2) is 0 Å². The SMILES string of the molecule is CCC(C)/C=C/c1sc(=O)[nH]c1O. The van der Waals surface area contributed by atoms with E-state index < -0.39 is 0 Å². The van der Waals surface area contributed by atoms with Gasteiger partial charge >= 0.3 is 4.87 Å². The molecule has 0 aliphatic rings. The molecule has 0 aromatic carbocycles. The normalized spacial score (nSPS) is 13.7. The molecule has 2 N–H and O–H groups in total. The van der Waals surface area contributed by atoms with E-state index in [1.807, 2.05) is 6.08 Å². The van der Waals surface area contributed by atoms with E-state index in [9.17, 15) is 9.90 Å². The summed E-state index contributed by atoms with van der Waals surface area (Å²) in [5.41, 5.74) is 0. The number of hydrogen-bond donors (Lipinski definition) is 2. The van der Waals surface area contributed by atoms with Crippen LogP contribution in [0.2, 0.25) is 0 Å². The van der Waals surface area contributed by atoms with Gasteiger partial charge in [0.1, 0.15) is 0 Å². The molecular weight excluding hydrogens is 186 g/mol. The molecule has 13 heavy (non-hydrogen) atoms. The maximum atomic E-state index is 10.8. The Morgan fingerprint density at radius 2 is 2.38 bits per heavy atom. The van der Waals surface area contributed by atoms with Gasteiger partial charge in [0.2, 0.25) is 5.88 Å². The molecule has 72 valence electrons. The highest BCUT2D eigenvalue weighted by atomic mass is 32.1. The first-order valence-corrected chi connectivity index (χ1v) is 5.05. The molecule has 0 fully saturated rings. The van der Waals surface area contributed by atoms with E-state index in [1.54, 1.807) is 6.08 Å². The van der Waals surface area contributed by atoms with Gasteiger partial charge in [-0.2, -0.15) is 0 Å². The lowest BCUT2D eigenvalue weighted by atomic mass is 10.1. The first-order chi connectivity index (χ1) is 6.13. The summed E-state index contributed by atoms with van der Waals surface area (Å²) in [6.45, 7) is 4.18. The van der Waals surface area contributed by atoms with Crippen molar-refractivity contribution in [1.29, 1.82) is 0 Å². The fraction of sp³-hybridized carbons (Fsp3) is 0.444. The van der Waals surface area contributed by atoms with Gasteiger partial charge in [0.15, 0.2) is 0 Å². The minimum absolute atomic E-state index is 0.0328. The number of hydrogen-bond acceptors (Lipinski definition) is 3. The van der Waals surface area contributed by atoms with Crippen molar-refractivity contribution in [2.45, 2.75) is 20.3 Å². The molecule has 4 heteroatoms. The quantitative estimate of drug-likeness (QED) is 0.784. The summed E-state index contributed by atoms with van der Waals surface area (Å²) < 4.78 is 0. The summed E-state index contributed by atoms with van der Waals surface area (Å²) in [7, 11) is 0. The van der Waals surface area contributed by atoms with Crippen molar-refractivity contribution in [3.05, 3.63) is 20.6 Å². The lowest BCUT2D eigenvalue weighted by Gasteiger charge is -1.97. The second-order valence-electron chi connectivity index (χ2n) is 2.97. The fourth-order valence-corrected chi connectivity index (χ4v) is 1.47. The molecular formula is C9H13NO2S. The van der Waals surface area contributed by atoms with E-state index in [4.69, 9.17) is 0 Å². The highest BCUT2D eigenvalue weighted by Crippen LogP contribution is 2.18. The van der Waals surface area contributed by atoms with Gasteiger partial charge in [0.25, 0.3) is 0 Å². The zero-order valence-corrected chi connectivity index (χ0v) is 8.52. The molecule has 0 amide bonds. The van der Waals surface area contributed by atoms with Crippen molar-refractivity contribution in [2.75, 3.05) is 0 Å². The first kappa shape index (κ1) is 10.1. The molecule has 0 saturated carbocycles. The Labute approximate surface area is 80.7 Å². The van der Waals surface area contributed by atoms with E-state index in [0.717, 1.165) is 17.8 Å². The third-order valence-electron chi connectivity index (χ3n) is 1.88. The van der Waals surface area contributed by atoms with Gasteiger partial charge < -0.3 is 5.11 Å². The molecule has 0 saturated heterocycles. The molecule has 1 heterocycles. The van der Waals surface area contributed by atoms with Gasteiger partial charge in [-0.3, -0.25) is 9.78 Å². The zero-order valence-electron chi connectivity index (χ0n) is 7.70. The van der Waals surface area contributed by atoms with Crippen LogP contribution in [0, 0.1) is 5.92 Å². The Morgan fingerprint density at radius 3 is 2.85 bits per heavy atom. The van der Waals surface area contributed by atoms with Crippen molar-refractivity contribution in [1.82, 2.24) is 4.98 Å². The van der Waals surface area contributed by atoms with Crippen LogP contribution in [0.15, 0.2) is 10.9 Å². The van der Waals surface area contributed by atoms with E-state index in [2.05, 4.69) is 18.8 Å². The largest absolute Gasteiger partial charge is 0.493 e. The Hall–Kier alpha value is -1.03. The summed E-state index contributed by atoms with van der Waals surface area (Å²) in [4.78, 5) is 13.5. The molecule has 0 aliphatic heterocycles. The van der Waals surface area contributed by atoms with Gasteiger partial charge in [0, 0.05) is 0 Å². The van der Waals surface area contributed by atoms with Crippen LogP contribution < -0.4 is 4.87 Å². The van der Waals surface area contributed by atoms with Crippen molar-refractivity contribution >= 4 is 17.4 Å². The van der Waals surface area contributed by atoms with E-state index in [1.165, 1.54) is 0 Å². The predicted molar refractivity (Wildman–Crippen MR) is 55.1 cm³/mol. The molecule has 1 aromatic heterocycles. The van der Waals surface area contributed by atoms with Gasteiger partial charge in [-0.05, 0) is 12.0 Å². The average Bonchev–Trinajstić information content (AvgIpc) is 2.41. The number of nitrogens with one attached hydrogen (secondary N) is 1. The van der Waals surface area contributed by atoms with Crippen LogP contribution >= 0.6 is 11.3 Å². The van der Waals surface area contributed by atoms with Crippen LogP contribution in [0.4, 0.5) is 0 Å². The Bertz CT molecular complexity index is 351.